The fourth-order valence-corrected chi connectivity index (χ4v) is 2.04. The molecule has 2 aromatic rings. The lowest BCUT2D eigenvalue weighted by molar-refractivity contribution is 0.490. The highest BCUT2D eigenvalue weighted by atomic mass is 32.1. The second kappa shape index (κ2) is 4.49. The van der Waals surface area contributed by atoms with Crippen LogP contribution in [-0.2, 0) is 13.0 Å². The Kier molecular flexibility index (Phi) is 3.06. The molecule has 80 valence electrons. The van der Waals surface area contributed by atoms with E-state index in [9.17, 15) is 0 Å². The van der Waals surface area contributed by atoms with E-state index in [0.29, 0.717) is 6.54 Å². The second-order valence-electron chi connectivity index (χ2n) is 3.35. The number of aryl methyl sites for hydroxylation is 2. The number of rotatable bonds is 4. The van der Waals surface area contributed by atoms with E-state index in [1.807, 2.05) is 25.3 Å². The highest BCUT2D eigenvalue weighted by Crippen LogP contribution is 2.19. The van der Waals surface area contributed by atoms with E-state index in [0.717, 1.165) is 23.1 Å². The molecule has 0 aliphatic heterocycles. The largest absolute Gasteiger partial charge is 0.465 e. The summed E-state index contributed by atoms with van der Waals surface area (Å²) < 4.78 is 5.45. The maximum absolute atomic E-state index is 5.45. The SMILES string of the molecule is CCc1cnc(NCc2ccc(C)o2)s1. The predicted molar refractivity (Wildman–Crippen MR) is 62.3 cm³/mol. The van der Waals surface area contributed by atoms with Gasteiger partial charge >= 0.3 is 0 Å². The number of nitrogens with one attached hydrogen (secondary N) is 1. The number of nitrogens with zero attached hydrogens (tertiary/aromatic N) is 1. The molecule has 2 heterocycles. The van der Waals surface area contributed by atoms with E-state index in [1.54, 1.807) is 11.3 Å². The summed E-state index contributed by atoms with van der Waals surface area (Å²) in [4.78, 5) is 5.57. The summed E-state index contributed by atoms with van der Waals surface area (Å²) in [6, 6.07) is 3.95. The molecule has 0 saturated carbocycles. The van der Waals surface area contributed by atoms with Gasteiger partial charge in [-0.2, -0.15) is 0 Å². The minimum absolute atomic E-state index is 0.699. The molecule has 0 aliphatic carbocycles. The normalized spacial score (nSPS) is 10.5. The van der Waals surface area contributed by atoms with E-state index >= 15 is 0 Å². The molecule has 0 aromatic carbocycles. The van der Waals surface area contributed by atoms with Gasteiger partial charge in [0.05, 0.1) is 6.54 Å². The van der Waals surface area contributed by atoms with Crippen LogP contribution in [0.5, 0.6) is 0 Å². The zero-order valence-corrected chi connectivity index (χ0v) is 9.73. The van der Waals surface area contributed by atoms with Gasteiger partial charge in [-0.05, 0) is 25.5 Å². The van der Waals surface area contributed by atoms with Crippen molar-refractivity contribution < 1.29 is 4.42 Å². The summed E-state index contributed by atoms with van der Waals surface area (Å²) in [7, 11) is 0. The maximum atomic E-state index is 5.45. The third-order valence-corrected chi connectivity index (χ3v) is 3.21. The summed E-state index contributed by atoms with van der Waals surface area (Å²) in [6.07, 6.45) is 2.96. The van der Waals surface area contributed by atoms with Crippen LogP contribution in [0.3, 0.4) is 0 Å². The molecule has 0 atom stereocenters. The topological polar surface area (TPSA) is 38.1 Å². The van der Waals surface area contributed by atoms with E-state index in [-0.39, 0.29) is 0 Å². The van der Waals surface area contributed by atoms with Gasteiger partial charge in [-0.25, -0.2) is 4.98 Å². The third-order valence-electron chi connectivity index (χ3n) is 2.11. The Hall–Kier alpha value is -1.29. The predicted octanol–water partition coefficient (Wildman–Crippen LogP) is 3.22. The number of thiazole rings is 1. The van der Waals surface area contributed by atoms with Crippen molar-refractivity contribution in [2.24, 2.45) is 0 Å². The highest BCUT2D eigenvalue weighted by molar-refractivity contribution is 7.15. The van der Waals surface area contributed by atoms with Gasteiger partial charge in [0.1, 0.15) is 11.5 Å². The smallest absolute Gasteiger partial charge is 0.183 e. The van der Waals surface area contributed by atoms with Crippen LogP contribution in [0.4, 0.5) is 5.13 Å². The molecule has 2 rings (SSSR count). The first kappa shape index (κ1) is 10.2. The quantitative estimate of drug-likeness (QED) is 0.863. The molecule has 3 nitrogen and oxygen atoms in total. The standard InChI is InChI=1S/C11H14N2OS/c1-3-10-7-13-11(15-10)12-6-9-5-4-8(2)14-9/h4-5,7H,3,6H2,1-2H3,(H,12,13). The van der Waals surface area contributed by atoms with Crippen molar-refractivity contribution in [2.45, 2.75) is 26.8 Å². The van der Waals surface area contributed by atoms with Crippen molar-refractivity contribution >= 4 is 16.5 Å². The molecule has 0 saturated heterocycles. The molecular formula is C11H14N2OS. The molecule has 4 heteroatoms. The number of aromatic nitrogens is 1. The van der Waals surface area contributed by atoms with Gasteiger partial charge < -0.3 is 9.73 Å². The molecule has 1 N–H and O–H groups in total. The number of hydrogen-bond donors (Lipinski definition) is 1. The lowest BCUT2D eigenvalue weighted by atomic mass is 10.4. The van der Waals surface area contributed by atoms with Crippen molar-refractivity contribution in [3.05, 3.63) is 34.7 Å². The number of furan rings is 1. The Morgan fingerprint density at radius 1 is 1.47 bits per heavy atom. The molecule has 2 aromatic heterocycles. The minimum Gasteiger partial charge on any atom is -0.465 e. The van der Waals surface area contributed by atoms with E-state index in [1.165, 1.54) is 4.88 Å². The Bertz CT molecular complexity index is 433. The molecule has 0 fully saturated rings. The van der Waals surface area contributed by atoms with Crippen LogP contribution < -0.4 is 5.32 Å². The second-order valence-corrected chi connectivity index (χ2v) is 4.47. The summed E-state index contributed by atoms with van der Waals surface area (Å²) in [5, 5.41) is 4.20. The molecule has 0 spiro atoms. The third kappa shape index (κ3) is 2.59. The van der Waals surface area contributed by atoms with Crippen LogP contribution in [-0.4, -0.2) is 4.98 Å². The van der Waals surface area contributed by atoms with Crippen LogP contribution in [0.25, 0.3) is 0 Å². The summed E-state index contributed by atoms with van der Waals surface area (Å²) in [5.74, 6) is 1.89. The van der Waals surface area contributed by atoms with Gasteiger partial charge in [0.2, 0.25) is 0 Å². The first-order chi connectivity index (χ1) is 7.28. The van der Waals surface area contributed by atoms with Crippen LogP contribution in [0, 0.1) is 6.92 Å². The zero-order valence-electron chi connectivity index (χ0n) is 8.91. The Labute approximate surface area is 93.2 Å². The van der Waals surface area contributed by atoms with Gasteiger partial charge in [0, 0.05) is 11.1 Å². The highest BCUT2D eigenvalue weighted by Gasteiger charge is 2.01. The van der Waals surface area contributed by atoms with Crippen LogP contribution in [0.1, 0.15) is 23.3 Å². The number of anilines is 1. The van der Waals surface area contributed by atoms with Gasteiger partial charge in [0.15, 0.2) is 5.13 Å². The van der Waals surface area contributed by atoms with Crippen molar-refractivity contribution in [2.75, 3.05) is 5.32 Å². The molecule has 0 radical (unpaired) electrons. The van der Waals surface area contributed by atoms with E-state index < -0.39 is 0 Å². The van der Waals surface area contributed by atoms with E-state index in [2.05, 4.69) is 17.2 Å². The fraction of sp³-hybridized carbons (Fsp3) is 0.364. The Morgan fingerprint density at radius 3 is 2.93 bits per heavy atom. The molecule has 0 amide bonds. The summed E-state index contributed by atoms with van der Waals surface area (Å²) in [5.41, 5.74) is 0. The zero-order chi connectivity index (χ0) is 10.7. The van der Waals surface area contributed by atoms with Crippen molar-refractivity contribution in [3.8, 4) is 0 Å². The molecule has 15 heavy (non-hydrogen) atoms. The van der Waals surface area contributed by atoms with Gasteiger partial charge in [-0.1, -0.05) is 6.92 Å². The Morgan fingerprint density at radius 2 is 2.33 bits per heavy atom. The van der Waals surface area contributed by atoms with Crippen molar-refractivity contribution in [1.82, 2.24) is 4.98 Å². The summed E-state index contributed by atoms with van der Waals surface area (Å²) >= 11 is 1.70. The van der Waals surface area contributed by atoms with Gasteiger partial charge in [-0.15, -0.1) is 11.3 Å². The minimum atomic E-state index is 0.699. The summed E-state index contributed by atoms with van der Waals surface area (Å²) in [6.45, 7) is 4.78. The molecule has 0 unspecified atom stereocenters. The maximum Gasteiger partial charge on any atom is 0.183 e. The van der Waals surface area contributed by atoms with Crippen LogP contribution >= 0.6 is 11.3 Å². The lowest BCUT2D eigenvalue weighted by Crippen LogP contribution is -1.96. The first-order valence-electron chi connectivity index (χ1n) is 5.02. The van der Waals surface area contributed by atoms with Gasteiger partial charge in [-0.3, -0.25) is 0 Å². The monoisotopic (exact) mass is 222 g/mol. The molecular weight excluding hydrogens is 208 g/mol. The van der Waals surface area contributed by atoms with Crippen LogP contribution in [0.2, 0.25) is 0 Å². The molecule has 0 bridgehead atoms. The van der Waals surface area contributed by atoms with Crippen molar-refractivity contribution in [1.29, 1.82) is 0 Å². The lowest BCUT2D eigenvalue weighted by Gasteiger charge is -1.98. The van der Waals surface area contributed by atoms with Crippen molar-refractivity contribution in [3.63, 3.8) is 0 Å². The Balaban J connectivity index is 1.93. The van der Waals surface area contributed by atoms with Crippen LogP contribution in [0.15, 0.2) is 22.7 Å². The average Bonchev–Trinajstić information content (AvgIpc) is 2.83. The number of hydrogen-bond acceptors (Lipinski definition) is 4. The molecule has 0 aliphatic rings. The first-order valence-corrected chi connectivity index (χ1v) is 5.83. The van der Waals surface area contributed by atoms with E-state index in [4.69, 9.17) is 4.42 Å². The van der Waals surface area contributed by atoms with Gasteiger partial charge in [0.25, 0.3) is 0 Å². The fourth-order valence-electron chi connectivity index (χ4n) is 1.30. The average molecular weight is 222 g/mol.